The topological polar surface area (TPSA) is 47.9 Å². The number of benzene rings is 2. The maximum atomic E-state index is 9.20. The lowest BCUT2D eigenvalue weighted by Gasteiger charge is -2.46. The number of aliphatic hydroxyl groups excluding tert-OH is 1. The summed E-state index contributed by atoms with van der Waals surface area (Å²) in [7, 11) is -2.71. The van der Waals surface area contributed by atoms with E-state index in [1.807, 2.05) is 19.1 Å². The van der Waals surface area contributed by atoms with Crippen LogP contribution in [-0.4, -0.2) is 45.1 Å². The average molecular weight is 453 g/mol. The SMILES string of the molecule is CCO[C@@H]1C=C[C@H](O[Si](c2ccccc2)(c2ccccc2)C(C)(C)C)[C@@H](C/C=C/CO)O1. The fourth-order valence-electron chi connectivity index (χ4n) is 4.38. The van der Waals surface area contributed by atoms with Gasteiger partial charge in [-0.3, -0.25) is 0 Å². The van der Waals surface area contributed by atoms with E-state index in [-0.39, 0.29) is 30.1 Å². The lowest BCUT2D eigenvalue weighted by atomic mass is 10.1. The molecular weight excluding hydrogens is 416 g/mol. The lowest BCUT2D eigenvalue weighted by Crippen LogP contribution is -2.68. The Hall–Kier alpha value is -2.02. The van der Waals surface area contributed by atoms with E-state index < -0.39 is 8.32 Å². The molecule has 1 aliphatic heterocycles. The van der Waals surface area contributed by atoms with Crippen LogP contribution in [-0.2, 0) is 13.9 Å². The van der Waals surface area contributed by atoms with Gasteiger partial charge in [-0.25, -0.2) is 0 Å². The quantitative estimate of drug-likeness (QED) is 0.458. The Balaban J connectivity index is 2.08. The summed E-state index contributed by atoms with van der Waals surface area (Å²) in [6.45, 7) is 9.37. The van der Waals surface area contributed by atoms with Crippen LogP contribution in [0.2, 0.25) is 5.04 Å². The third-order valence-corrected chi connectivity index (χ3v) is 10.9. The van der Waals surface area contributed by atoms with E-state index in [1.54, 1.807) is 6.08 Å². The first kappa shape index (κ1) is 24.6. The summed E-state index contributed by atoms with van der Waals surface area (Å²) in [4.78, 5) is 0. The fourth-order valence-corrected chi connectivity index (χ4v) is 9.04. The maximum absolute atomic E-state index is 9.20. The van der Waals surface area contributed by atoms with Gasteiger partial charge in [-0.1, -0.05) is 99.7 Å². The molecule has 0 fully saturated rings. The summed E-state index contributed by atoms with van der Waals surface area (Å²) in [6, 6.07) is 21.3. The minimum Gasteiger partial charge on any atom is -0.398 e. The van der Waals surface area contributed by atoms with E-state index in [9.17, 15) is 5.11 Å². The van der Waals surface area contributed by atoms with Crippen LogP contribution in [0.1, 0.15) is 34.1 Å². The van der Waals surface area contributed by atoms with Crippen molar-refractivity contribution < 1.29 is 19.0 Å². The third kappa shape index (κ3) is 5.48. The monoisotopic (exact) mass is 452 g/mol. The van der Waals surface area contributed by atoms with Crippen LogP contribution in [0.25, 0.3) is 0 Å². The lowest BCUT2D eigenvalue weighted by molar-refractivity contribution is -0.164. The Bertz CT molecular complexity index is 834. The summed E-state index contributed by atoms with van der Waals surface area (Å²) in [5.74, 6) is 0. The molecular formula is C27H36O4Si. The van der Waals surface area contributed by atoms with Gasteiger partial charge in [0.1, 0.15) is 0 Å². The van der Waals surface area contributed by atoms with Crippen LogP contribution >= 0.6 is 0 Å². The zero-order valence-electron chi connectivity index (χ0n) is 19.6. The molecule has 4 nitrogen and oxygen atoms in total. The van der Waals surface area contributed by atoms with Crippen molar-refractivity contribution in [2.45, 2.75) is 57.7 Å². The predicted molar refractivity (Wildman–Crippen MR) is 133 cm³/mol. The average Bonchev–Trinajstić information content (AvgIpc) is 2.79. The summed E-state index contributed by atoms with van der Waals surface area (Å²) in [5.41, 5.74) is 0. The van der Waals surface area contributed by atoms with Gasteiger partial charge in [-0.2, -0.15) is 0 Å². The van der Waals surface area contributed by atoms with E-state index in [0.717, 1.165) is 0 Å². The molecule has 0 bridgehead atoms. The Morgan fingerprint density at radius 1 is 0.938 bits per heavy atom. The van der Waals surface area contributed by atoms with E-state index >= 15 is 0 Å². The number of aliphatic hydroxyl groups is 1. The van der Waals surface area contributed by atoms with Crippen molar-refractivity contribution in [2.24, 2.45) is 0 Å². The molecule has 5 heteroatoms. The molecule has 0 amide bonds. The van der Waals surface area contributed by atoms with Crippen LogP contribution in [0.15, 0.2) is 85.0 Å². The van der Waals surface area contributed by atoms with Gasteiger partial charge in [-0.05, 0) is 34.8 Å². The minimum atomic E-state index is -2.71. The van der Waals surface area contributed by atoms with E-state index in [1.165, 1.54) is 10.4 Å². The fraction of sp³-hybridized carbons (Fsp3) is 0.407. The zero-order valence-corrected chi connectivity index (χ0v) is 20.6. The highest BCUT2D eigenvalue weighted by Gasteiger charge is 2.52. The van der Waals surface area contributed by atoms with Gasteiger partial charge in [0.2, 0.25) is 0 Å². The first-order valence-corrected chi connectivity index (χ1v) is 13.3. The molecule has 1 heterocycles. The summed E-state index contributed by atoms with van der Waals surface area (Å²) < 4.78 is 19.2. The van der Waals surface area contributed by atoms with Crippen molar-refractivity contribution in [1.82, 2.24) is 0 Å². The van der Waals surface area contributed by atoms with Crippen molar-refractivity contribution in [1.29, 1.82) is 0 Å². The smallest absolute Gasteiger partial charge is 0.262 e. The molecule has 0 unspecified atom stereocenters. The first-order valence-electron chi connectivity index (χ1n) is 11.4. The van der Waals surface area contributed by atoms with Gasteiger partial charge in [-0.15, -0.1) is 0 Å². The molecule has 0 aromatic heterocycles. The molecule has 2 aromatic rings. The van der Waals surface area contributed by atoms with Crippen molar-refractivity contribution in [3.63, 3.8) is 0 Å². The molecule has 3 atom stereocenters. The largest absolute Gasteiger partial charge is 0.398 e. The van der Waals surface area contributed by atoms with Crippen molar-refractivity contribution in [3.05, 3.63) is 85.0 Å². The molecule has 2 aromatic carbocycles. The third-order valence-electron chi connectivity index (χ3n) is 5.83. The molecule has 1 N–H and O–H groups in total. The Morgan fingerprint density at radius 2 is 1.53 bits per heavy atom. The van der Waals surface area contributed by atoms with Crippen LogP contribution in [0.5, 0.6) is 0 Å². The molecule has 0 aliphatic carbocycles. The number of rotatable bonds is 9. The molecule has 0 radical (unpaired) electrons. The van der Waals surface area contributed by atoms with Gasteiger partial charge in [0.25, 0.3) is 8.32 Å². The summed E-state index contributed by atoms with van der Waals surface area (Å²) in [6.07, 6.45) is 7.57. The van der Waals surface area contributed by atoms with Crippen molar-refractivity contribution in [2.75, 3.05) is 13.2 Å². The van der Waals surface area contributed by atoms with E-state index in [0.29, 0.717) is 13.0 Å². The highest BCUT2D eigenvalue weighted by atomic mass is 28.4. The van der Waals surface area contributed by atoms with Gasteiger partial charge in [0.15, 0.2) is 6.29 Å². The van der Waals surface area contributed by atoms with Crippen LogP contribution in [0.4, 0.5) is 0 Å². The van der Waals surface area contributed by atoms with Crippen molar-refractivity contribution >= 4 is 18.7 Å². The van der Waals surface area contributed by atoms with Crippen molar-refractivity contribution in [3.8, 4) is 0 Å². The van der Waals surface area contributed by atoms with Crippen LogP contribution < -0.4 is 10.4 Å². The molecule has 3 rings (SSSR count). The Labute approximate surface area is 193 Å². The number of hydrogen-bond donors (Lipinski definition) is 1. The van der Waals surface area contributed by atoms with Gasteiger partial charge < -0.3 is 19.0 Å². The Morgan fingerprint density at radius 3 is 2.03 bits per heavy atom. The molecule has 32 heavy (non-hydrogen) atoms. The molecule has 0 spiro atoms. The Kier molecular flexibility index (Phi) is 8.62. The highest BCUT2D eigenvalue weighted by Crippen LogP contribution is 2.39. The maximum Gasteiger partial charge on any atom is 0.262 e. The molecule has 1 aliphatic rings. The van der Waals surface area contributed by atoms with E-state index in [2.05, 4.69) is 87.5 Å². The standard InChI is InChI=1S/C27H36O4Si/c1-5-29-26-20-19-25(24(30-26)18-12-13-21-28)31-32(27(2,3)4,22-14-8-6-9-15-22)23-16-10-7-11-17-23/h6-17,19-20,24-26,28H,5,18,21H2,1-4H3/b13-12+/t24-,25+,26+/m1/s1. The molecule has 0 saturated heterocycles. The zero-order chi connectivity index (χ0) is 23.0. The second-order valence-electron chi connectivity index (χ2n) is 9.02. The summed E-state index contributed by atoms with van der Waals surface area (Å²) in [5, 5.41) is 11.6. The molecule has 0 saturated carbocycles. The van der Waals surface area contributed by atoms with Gasteiger partial charge in [0.05, 0.1) is 18.8 Å². The second-order valence-corrected chi connectivity index (χ2v) is 13.3. The summed E-state index contributed by atoms with van der Waals surface area (Å²) >= 11 is 0. The minimum absolute atomic E-state index is 0.0116. The number of ether oxygens (including phenoxy) is 2. The number of hydrogen-bond acceptors (Lipinski definition) is 4. The highest BCUT2D eigenvalue weighted by molar-refractivity contribution is 6.99. The van der Waals surface area contributed by atoms with Gasteiger partial charge in [0, 0.05) is 6.61 Å². The van der Waals surface area contributed by atoms with E-state index in [4.69, 9.17) is 13.9 Å². The van der Waals surface area contributed by atoms with Crippen LogP contribution in [0.3, 0.4) is 0 Å². The predicted octanol–water partition coefficient (Wildman–Crippen LogP) is 4.19. The van der Waals surface area contributed by atoms with Crippen LogP contribution in [0, 0.1) is 0 Å². The molecule has 172 valence electrons. The first-order chi connectivity index (χ1) is 15.4. The van der Waals surface area contributed by atoms with Gasteiger partial charge >= 0.3 is 0 Å². The normalized spacial score (nSPS) is 21.8. The second kappa shape index (κ2) is 11.2.